The van der Waals surface area contributed by atoms with E-state index in [2.05, 4.69) is 25.8 Å². The zero-order valence-corrected chi connectivity index (χ0v) is 15.4. The van der Waals surface area contributed by atoms with Crippen LogP contribution < -0.4 is 10.6 Å². The Kier molecular flexibility index (Phi) is 6.82. The van der Waals surface area contributed by atoms with Gasteiger partial charge < -0.3 is 15.2 Å². The average molecular weight is 359 g/mol. The number of carbonyl (C=O) groups excluding carboxylic acids is 2. The maximum Gasteiger partial charge on any atom is 0.226 e. The summed E-state index contributed by atoms with van der Waals surface area (Å²) in [6, 6.07) is 3.50. The number of nitrogens with one attached hydrogen (secondary N) is 2. The van der Waals surface area contributed by atoms with Crippen molar-refractivity contribution in [3.05, 3.63) is 36.2 Å². The summed E-state index contributed by atoms with van der Waals surface area (Å²) >= 11 is 0. The molecule has 0 saturated carbocycles. The molecule has 0 fully saturated rings. The summed E-state index contributed by atoms with van der Waals surface area (Å²) in [5, 5.41) is 9.40. The van der Waals surface area contributed by atoms with Crippen LogP contribution in [0.5, 0.6) is 0 Å². The summed E-state index contributed by atoms with van der Waals surface area (Å²) in [7, 11) is 0. The van der Waals surface area contributed by atoms with Gasteiger partial charge in [0.1, 0.15) is 0 Å². The van der Waals surface area contributed by atoms with Crippen molar-refractivity contribution < 1.29 is 14.1 Å². The van der Waals surface area contributed by atoms with Crippen molar-refractivity contribution in [3.8, 4) is 0 Å². The number of hydrogen-bond acceptors (Lipinski definition) is 6. The SMILES string of the molecule is CC(C)(C)c1noc(CCCC(=O)NCCC(=O)Nc2cccnc2)n1. The minimum absolute atomic E-state index is 0.102. The number of nitrogens with zero attached hydrogens (tertiary/aromatic N) is 3. The molecule has 0 aliphatic heterocycles. The van der Waals surface area contributed by atoms with Crippen LogP contribution in [0.4, 0.5) is 5.69 Å². The predicted octanol–water partition coefficient (Wildman–Crippen LogP) is 2.23. The number of anilines is 1. The summed E-state index contributed by atoms with van der Waals surface area (Å²) < 4.78 is 5.19. The second-order valence-electron chi connectivity index (χ2n) is 7.01. The van der Waals surface area contributed by atoms with E-state index in [-0.39, 0.29) is 23.7 Å². The van der Waals surface area contributed by atoms with E-state index in [1.807, 2.05) is 20.8 Å². The van der Waals surface area contributed by atoms with Crippen LogP contribution in [0.15, 0.2) is 29.0 Å². The molecule has 2 rings (SSSR count). The molecule has 0 atom stereocenters. The van der Waals surface area contributed by atoms with Crippen molar-refractivity contribution in [2.75, 3.05) is 11.9 Å². The molecular formula is C18H25N5O3. The normalized spacial score (nSPS) is 11.2. The van der Waals surface area contributed by atoms with Gasteiger partial charge in [-0.3, -0.25) is 14.6 Å². The Hall–Kier alpha value is -2.77. The van der Waals surface area contributed by atoms with Crippen LogP contribution >= 0.6 is 0 Å². The lowest BCUT2D eigenvalue weighted by molar-refractivity contribution is -0.121. The fourth-order valence-corrected chi connectivity index (χ4v) is 2.13. The van der Waals surface area contributed by atoms with Crippen LogP contribution in [0.1, 0.15) is 51.7 Å². The molecule has 0 aliphatic carbocycles. The number of aromatic nitrogens is 3. The molecule has 0 radical (unpaired) electrons. The summed E-state index contributed by atoms with van der Waals surface area (Å²) in [6.45, 7) is 6.33. The molecule has 2 aromatic rings. The number of amides is 2. The van der Waals surface area contributed by atoms with Crippen LogP contribution in [-0.4, -0.2) is 33.5 Å². The van der Waals surface area contributed by atoms with E-state index >= 15 is 0 Å². The van der Waals surface area contributed by atoms with Crippen molar-refractivity contribution in [1.29, 1.82) is 0 Å². The molecule has 2 aromatic heterocycles. The van der Waals surface area contributed by atoms with Gasteiger partial charge in [-0.1, -0.05) is 25.9 Å². The Morgan fingerprint density at radius 1 is 1.19 bits per heavy atom. The monoisotopic (exact) mass is 359 g/mol. The van der Waals surface area contributed by atoms with E-state index in [9.17, 15) is 9.59 Å². The molecule has 2 amide bonds. The highest BCUT2D eigenvalue weighted by Crippen LogP contribution is 2.18. The second-order valence-corrected chi connectivity index (χ2v) is 7.01. The van der Waals surface area contributed by atoms with Crippen molar-refractivity contribution >= 4 is 17.5 Å². The summed E-state index contributed by atoms with van der Waals surface area (Å²) in [5.41, 5.74) is 0.480. The third-order valence-electron chi connectivity index (χ3n) is 3.55. The Balaban J connectivity index is 1.60. The third-order valence-corrected chi connectivity index (χ3v) is 3.55. The fraction of sp³-hybridized carbons (Fsp3) is 0.500. The van der Waals surface area contributed by atoms with Gasteiger partial charge in [0.15, 0.2) is 5.82 Å². The summed E-state index contributed by atoms with van der Waals surface area (Å²) in [5.74, 6) is 0.934. The number of hydrogen-bond donors (Lipinski definition) is 2. The first kappa shape index (κ1) is 19.6. The standard InChI is InChI=1S/C18H25N5O3/c1-18(2,3)17-22-16(26-23-17)8-4-7-14(24)20-11-9-15(25)21-13-6-5-10-19-12-13/h5-6,10,12H,4,7-9,11H2,1-3H3,(H,20,24)(H,21,25). The molecule has 0 spiro atoms. The lowest BCUT2D eigenvalue weighted by atomic mass is 9.96. The largest absolute Gasteiger partial charge is 0.356 e. The maximum atomic E-state index is 11.8. The number of rotatable bonds is 8. The van der Waals surface area contributed by atoms with Gasteiger partial charge in [0.25, 0.3) is 0 Å². The Labute approximate surface area is 152 Å². The highest BCUT2D eigenvalue weighted by molar-refractivity contribution is 5.90. The molecular weight excluding hydrogens is 334 g/mol. The first-order valence-corrected chi connectivity index (χ1v) is 8.64. The first-order chi connectivity index (χ1) is 12.3. The molecule has 0 aliphatic rings. The topological polar surface area (TPSA) is 110 Å². The zero-order chi connectivity index (χ0) is 19.0. The molecule has 140 valence electrons. The Morgan fingerprint density at radius 2 is 2.00 bits per heavy atom. The van der Waals surface area contributed by atoms with Crippen LogP contribution in [0.25, 0.3) is 0 Å². The quantitative estimate of drug-likeness (QED) is 0.748. The fourth-order valence-electron chi connectivity index (χ4n) is 2.13. The van der Waals surface area contributed by atoms with Gasteiger partial charge in [0.05, 0.1) is 11.9 Å². The molecule has 8 heteroatoms. The van der Waals surface area contributed by atoms with Crippen molar-refractivity contribution in [2.45, 2.75) is 51.9 Å². The van der Waals surface area contributed by atoms with Gasteiger partial charge in [-0.05, 0) is 18.6 Å². The third kappa shape index (κ3) is 6.62. The molecule has 8 nitrogen and oxygen atoms in total. The first-order valence-electron chi connectivity index (χ1n) is 8.64. The van der Waals surface area contributed by atoms with E-state index in [4.69, 9.17) is 4.52 Å². The van der Waals surface area contributed by atoms with Crippen LogP contribution in [0.3, 0.4) is 0 Å². The highest BCUT2D eigenvalue weighted by atomic mass is 16.5. The lowest BCUT2D eigenvalue weighted by Gasteiger charge is -2.10. The minimum Gasteiger partial charge on any atom is -0.356 e. The van der Waals surface area contributed by atoms with Crippen molar-refractivity contribution in [1.82, 2.24) is 20.4 Å². The minimum atomic E-state index is -0.168. The van der Waals surface area contributed by atoms with E-state index in [1.165, 1.54) is 0 Å². The van der Waals surface area contributed by atoms with E-state index in [1.54, 1.807) is 24.5 Å². The van der Waals surface area contributed by atoms with E-state index in [0.29, 0.717) is 43.2 Å². The summed E-state index contributed by atoms with van der Waals surface area (Å²) in [6.07, 6.45) is 4.92. The molecule has 0 bridgehead atoms. The Bertz CT molecular complexity index is 722. The molecule has 2 N–H and O–H groups in total. The van der Waals surface area contributed by atoms with Gasteiger partial charge in [-0.25, -0.2) is 0 Å². The smallest absolute Gasteiger partial charge is 0.226 e. The van der Waals surface area contributed by atoms with Crippen LogP contribution in [-0.2, 0) is 21.4 Å². The number of carbonyl (C=O) groups is 2. The van der Waals surface area contributed by atoms with Crippen molar-refractivity contribution in [2.24, 2.45) is 0 Å². The van der Waals surface area contributed by atoms with E-state index in [0.717, 1.165) is 0 Å². The van der Waals surface area contributed by atoms with Gasteiger partial charge >= 0.3 is 0 Å². The molecule has 0 aromatic carbocycles. The average Bonchev–Trinajstić information content (AvgIpc) is 3.05. The van der Waals surface area contributed by atoms with Gasteiger partial charge in [0.2, 0.25) is 17.7 Å². The maximum absolute atomic E-state index is 11.8. The molecule has 2 heterocycles. The van der Waals surface area contributed by atoms with Gasteiger partial charge in [-0.2, -0.15) is 4.98 Å². The number of pyridine rings is 1. The zero-order valence-electron chi connectivity index (χ0n) is 15.4. The Morgan fingerprint density at radius 3 is 2.65 bits per heavy atom. The highest BCUT2D eigenvalue weighted by Gasteiger charge is 2.20. The molecule has 0 saturated heterocycles. The van der Waals surface area contributed by atoms with E-state index < -0.39 is 0 Å². The predicted molar refractivity (Wildman–Crippen MR) is 96.4 cm³/mol. The molecule has 0 unspecified atom stereocenters. The lowest BCUT2D eigenvalue weighted by Crippen LogP contribution is -2.27. The van der Waals surface area contributed by atoms with Crippen LogP contribution in [0.2, 0.25) is 0 Å². The van der Waals surface area contributed by atoms with Crippen LogP contribution in [0, 0.1) is 0 Å². The molecule has 26 heavy (non-hydrogen) atoms. The summed E-state index contributed by atoms with van der Waals surface area (Å²) in [4.78, 5) is 31.8. The van der Waals surface area contributed by atoms with Gasteiger partial charge in [-0.15, -0.1) is 0 Å². The van der Waals surface area contributed by atoms with Crippen molar-refractivity contribution in [3.63, 3.8) is 0 Å². The number of aryl methyl sites for hydroxylation is 1. The van der Waals surface area contributed by atoms with Gasteiger partial charge in [0, 0.05) is 37.4 Å². The second kappa shape index (κ2) is 9.07.